The number of hydrogen-bond acceptors (Lipinski definition) is 5. The number of unbranched alkanes of at least 4 members (excludes halogenated alkanes) is 1. The lowest BCUT2D eigenvalue weighted by Gasteiger charge is -2.29. The molecule has 1 aliphatic heterocycles. The van der Waals surface area contributed by atoms with E-state index in [2.05, 4.69) is 6.92 Å². The number of halogens is 1. The van der Waals surface area contributed by atoms with Crippen LogP contribution in [0, 0.1) is 5.82 Å². The van der Waals surface area contributed by atoms with E-state index in [0.29, 0.717) is 24.2 Å². The molecule has 0 aliphatic carbocycles. The van der Waals surface area contributed by atoms with Gasteiger partial charge in [0.1, 0.15) is 10.7 Å². The van der Waals surface area contributed by atoms with E-state index in [0.717, 1.165) is 18.5 Å². The Morgan fingerprint density at radius 2 is 1.83 bits per heavy atom. The Morgan fingerprint density at radius 3 is 2.51 bits per heavy atom. The molecule has 184 valence electrons. The van der Waals surface area contributed by atoms with Gasteiger partial charge in [0.15, 0.2) is 0 Å². The van der Waals surface area contributed by atoms with E-state index in [1.807, 2.05) is 35.2 Å². The summed E-state index contributed by atoms with van der Waals surface area (Å²) >= 11 is 0. The van der Waals surface area contributed by atoms with Crippen LogP contribution in [0.1, 0.15) is 36.5 Å². The van der Waals surface area contributed by atoms with E-state index in [1.165, 1.54) is 29.6 Å². The van der Waals surface area contributed by atoms with Crippen LogP contribution in [0.2, 0.25) is 0 Å². The zero-order valence-electron chi connectivity index (χ0n) is 20.1. The van der Waals surface area contributed by atoms with E-state index in [1.54, 1.807) is 25.2 Å². The number of fused-ring (bicyclic) bond motifs is 1. The molecule has 35 heavy (non-hydrogen) atoms. The van der Waals surface area contributed by atoms with E-state index >= 15 is 4.39 Å². The van der Waals surface area contributed by atoms with Crippen LogP contribution in [0.15, 0.2) is 71.6 Å². The highest BCUT2D eigenvalue weighted by Crippen LogP contribution is 2.41. The van der Waals surface area contributed by atoms with E-state index in [4.69, 9.17) is 4.74 Å². The molecule has 0 saturated carbocycles. The number of benzene rings is 3. The molecular formula is C27H29FN2O4S. The molecule has 3 aromatic rings. The number of carbonyl (C=O) groups excluding carboxylic acids is 1. The number of ether oxygens (including phenoxy) is 1. The molecule has 0 aromatic heterocycles. The SMILES string of the molecule is CCCCC1CN(c2ccccc2)c2cc(F)c(-c3cccc(C(=O)OC)c3)cc2S(=O)(=O)N1C. The topological polar surface area (TPSA) is 66.9 Å². The monoisotopic (exact) mass is 496 g/mol. The summed E-state index contributed by atoms with van der Waals surface area (Å²) in [6, 6.07) is 18.1. The number of methoxy groups -OCH3 is 1. The number of esters is 1. The molecule has 6 nitrogen and oxygen atoms in total. The number of nitrogens with zero attached hydrogens (tertiary/aromatic N) is 2. The number of anilines is 2. The van der Waals surface area contributed by atoms with Crippen LogP contribution in [-0.2, 0) is 14.8 Å². The van der Waals surface area contributed by atoms with Crippen LogP contribution >= 0.6 is 0 Å². The smallest absolute Gasteiger partial charge is 0.337 e. The van der Waals surface area contributed by atoms with Gasteiger partial charge in [-0.25, -0.2) is 17.6 Å². The zero-order chi connectivity index (χ0) is 25.2. The second kappa shape index (κ2) is 10.2. The van der Waals surface area contributed by atoms with Gasteiger partial charge in [0.25, 0.3) is 0 Å². The Balaban J connectivity index is 1.92. The summed E-state index contributed by atoms with van der Waals surface area (Å²) < 4.78 is 49.4. The zero-order valence-corrected chi connectivity index (χ0v) is 20.9. The second-order valence-electron chi connectivity index (χ2n) is 8.64. The minimum absolute atomic E-state index is 0.0303. The van der Waals surface area contributed by atoms with Crippen molar-refractivity contribution in [2.45, 2.75) is 37.1 Å². The lowest BCUT2D eigenvalue weighted by Crippen LogP contribution is -2.40. The number of likely N-dealkylation sites (N-methyl/N-ethyl adjacent to an activating group) is 1. The highest BCUT2D eigenvalue weighted by Gasteiger charge is 2.37. The Labute approximate surface area is 206 Å². The van der Waals surface area contributed by atoms with Crippen molar-refractivity contribution in [2.24, 2.45) is 0 Å². The highest BCUT2D eigenvalue weighted by molar-refractivity contribution is 7.89. The average molecular weight is 497 g/mol. The summed E-state index contributed by atoms with van der Waals surface area (Å²) in [5.41, 5.74) is 1.84. The molecule has 1 heterocycles. The maximum atomic E-state index is 15.6. The predicted octanol–water partition coefficient (Wildman–Crippen LogP) is 5.61. The van der Waals surface area contributed by atoms with Crippen LogP contribution in [0.4, 0.5) is 15.8 Å². The van der Waals surface area contributed by atoms with Crippen molar-refractivity contribution in [2.75, 3.05) is 25.6 Å². The summed E-state index contributed by atoms with van der Waals surface area (Å²) in [6.07, 6.45) is 2.52. The first-order valence-corrected chi connectivity index (χ1v) is 13.0. The van der Waals surface area contributed by atoms with Crippen LogP contribution in [0.5, 0.6) is 0 Å². The normalized spacial score (nSPS) is 17.5. The molecular weight excluding hydrogens is 467 g/mol. The van der Waals surface area contributed by atoms with Crippen LogP contribution in [0.3, 0.4) is 0 Å². The van der Waals surface area contributed by atoms with E-state index in [9.17, 15) is 13.2 Å². The molecule has 4 rings (SSSR count). The molecule has 1 atom stereocenters. The van der Waals surface area contributed by atoms with Crippen molar-refractivity contribution >= 4 is 27.4 Å². The van der Waals surface area contributed by atoms with Crippen molar-refractivity contribution < 1.29 is 22.3 Å². The Bertz CT molecular complexity index is 1330. The van der Waals surface area contributed by atoms with Gasteiger partial charge in [0.2, 0.25) is 10.0 Å². The van der Waals surface area contributed by atoms with Crippen molar-refractivity contribution in [1.82, 2.24) is 4.31 Å². The van der Waals surface area contributed by atoms with Gasteiger partial charge in [0, 0.05) is 30.9 Å². The third-order valence-corrected chi connectivity index (χ3v) is 8.40. The molecule has 3 aromatic carbocycles. The van der Waals surface area contributed by atoms with Crippen molar-refractivity contribution in [3.63, 3.8) is 0 Å². The summed E-state index contributed by atoms with van der Waals surface area (Å²) in [5.74, 6) is -1.13. The molecule has 0 fully saturated rings. The third-order valence-electron chi connectivity index (χ3n) is 6.46. The van der Waals surface area contributed by atoms with Gasteiger partial charge in [-0.3, -0.25) is 0 Å². The van der Waals surface area contributed by atoms with Crippen molar-refractivity contribution in [3.8, 4) is 11.1 Å². The van der Waals surface area contributed by atoms with Gasteiger partial charge < -0.3 is 9.64 Å². The molecule has 1 aliphatic rings. The number of carbonyl (C=O) groups is 1. The molecule has 8 heteroatoms. The van der Waals surface area contributed by atoms with E-state index < -0.39 is 21.8 Å². The minimum Gasteiger partial charge on any atom is -0.465 e. The Hall–Kier alpha value is -3.23. The van der Waals surface area contributed by atoms with Gasteiger partial charge in [-0.05, 0) is 48.4 Å². The lowest BCUT2D eigenvalue weighted by atomic mass is 10.0. The number of sulfonamides is 1. The fourth-order valence-corrected chi connectivity index (χ4v) is 6.03. The largest absolute Gasteiger partial charge is 0.465 e. The molecule has 0 N–H and O–H groups in total. The summed E-state index contributed by atoms with van der Waals surface area (Å²) in [5, 5.41) is 0. The Kier molecular flexibility index (Phi) is 7.23. The first-order chi connectivity index (χ1) is 16.8. The molecule has 0 radical (unpaired) electrons. The summed E-state index contributed by atoms with van der Waals surface area (Å²) in [7, 11) is -1.06. The maximum Gasteiger partial charge on any atom is 0.337 e. The lowest BCUT2D eigenvalue weighted by molar-refractivity contribution is 0.0600. The van der Waals surface area contributed by atoms with Crippen molar-refractivity contribution in [1.29, 1.82) is 0 Å². The summed E-state index contributed by atoms with van der Waals surface area (Å²) in [4.78, 5) is 13.9. The first-order valence-electron chi connectivity index (χ1n) is 11.6. The number of rotatable bonds is 6. The molecule has 0 spiro atoms. The van der Waals surface area contributed by atoms with Crippen molar-refractivity contribution in [3.05, 3.63) is 78.1 Å². The van der Waals surface area contributed by atoms with Gasteiger partial charge in [-0.1, -0.05) is 50.1 Å². The fraction of sp³-hybridized carbons (Fsp3) is 0.296. The van der Waals surface area contributed by atoms with E-state index in [-0.39, 0.29) is 22.1 Å². The van der Waals surface area contributed by atoms with Gasteiger partial charge in [-0.15, -0.1) is 0 Å². The van der Waals surface area contributed by atoms with Crippen LogP contribution in [0.25, 0.3) is 11.1 Å². The van der Waals surface area contributed by atoms with Gasteiger partial charge in [0.05, 0.1) is 18.4 Å². The maximum absolute atomic E-state index is 15.6. The average Bonchev–Trinajstić information content (AvgIpc) is 2.95. The molecule has 0 saturated heterocycles. The second-order valence-corrected chi connectivity index (χ2v) is 10.6. The molecule has 0 amide bonds. The predicted molar refractivity (Wildman–Crippen MR) is 135 cm³/mol. The first kappa shape index (κ1) is 24.9. The van der Waals surface area contributed by atoms with Crippen LogP contribution < -0.4 is 4.90 Å². The fourth-order valence-electron chi connectivity index (χ4n) is 4.45. The third kappa shape index (κ3) is 4.81. The number of hydrogen-bond donors (Lipinski definition) is 0. The van der Waals surface area contributed by atoms with Crippen LogP contribution in [-0.4, -0.2) is 45.4 Å². The molecule has 1 unspecified atom stereocenters. The minimum atomic E-state index is -3.92. The Morgan fingerprint density at radius 1 is 1.09 bits per heavy atom. The standard InChI is InChI=1S/C27H29FN2O4S/c1-4-5-12-22-18-30(21-13-7-6-8-14-21)25-17-24(28)23(16-26(25)35(32,33)29(22)2)19-10-9-11-20(15-19)27(31)34-3/h6-11,13-17,22H,4-5,12,18H2,1-3H3. The quantitative estimate of drug-likeness (QED) is 0.415. The number of para-hydroxylation sites is 1. The highest BCUT2D eigenvalue weighted by atomic mass is 32.2. The molecule has 0 bridgehead atoms. The summed E-state index contributed by atoms with van der Waals surface area (Å²) in [6.45, 7) is 2.47. The van der Waals surface area contributed by atoms with Gasteiger partial charge >= 0.3 is 5.97 Å². The van der Waals surface area contributed by atoms with Gasteiger partial charge in [-0.2, -0.15) is 4.31 Å².